The smallest absolute Gasteiger partial charge is 0.136 e. The number of para-hydroxylation sites is 2. The summed E-state index contributed by atoms with van der Waals surface area (Å²) in [6.45, 7) is 0. The lowest BCUT2D eigenvalue weighted by molar-refractivity contribution is 0.669. The molecular weight excluding hydrogens is 669 g/mol. The zero-order valence-electron chi connectivity index (χ0n) is 29.8. The number of nitrogens with zero attached hydrogens (tertiary/aromatic N) is 2. The summed E-state index contributed by atoms with van der Waals surface area (Å²) in [5.41, 5.74) is 13.6. The summed E-state index contributed by atoms with van der Waals surface area (Å²) >= 11 is 0. The van der Waals surface area contributed by atoms with Gasteiger partial charge >= 0.3 is 0 Å². The van der Waals surface area contributed by atoms with Crippen LogP contribution in [0.1, 0.15) is 0 Å². The Kier molecular flexibility index (Phi) is 6.34. The Morgan fingerprint density at radius 1 is 0.309 bits per heavy atom. The van der Waals surface area contributed by atoms with E-state index in [2.05, 4.69) is 197 Å². The second-order valence-corrected chi connectivity index (χ2v) is 14.5. The highest BCUT2D eigenvalue weighted by Gasteiger charge is 2.21. The van der Waals surface area contributed by atoms with Gasteiger partial charge in [0.15, 0.2) is 0 Å². The number of furan rings is 1. The van der Waals surface area contributed by atoms with Crippen molar-refractivity contribution in [1.29, 1.82) is 0 Å². The van der Waals surface area contributed by atoms with E-state index in [-0.39, 0.29) is 0 Å². The van der Waals surface area contributed by atoms with Gasteiger partial charge in [-0.1, -0.05) is 127 Å². The third-order valence-corrected chi connectivity index (χ3v) is 11.5. The minimum atomic E-state index is 0.904. The van der Waals surface area contributed by atoms with Crippen molar-refractivity contribution in [2.75, 3.05) is 0 Å². The van der Waals surface area contributed by atoms with Gasteiger partial charge in [0.2, 0.25) is 0 Å². The number of aromatic nitrogens is 2. The van der Waals surface area contributed by atoms with Gasteiger partial charge < -0.3 is 13.6 Å². The summed E-state index contributed by atoms with van der Waals surface area (Å²) in [5, 5.41) is 9.63. The zero-order chi connectivity index (χ0) is 36.0. The largest absolute Gasteiger partial charge is 0.456 e. The number of fused-ring (bicyclic) bond motifs is 11. The lowest BCUT2D eigenvalue weighted by Gasteiger charge is -2.12. The van der Waals surface area contributed by atoms with E-state index in [1.54, 1.807) is 0 Å². The summed E-state index contributed by atoms with van der Waals surface area (Å²) < 4.78 is 11.3. The van der Waals surface area contributed by atoms with E-state index in [1.807, 2.05) is 6.07 Å². The first-order valence-electron chi connectivity index (χ1n) is 18.8. The molecule has 0 aliphatic rings. The first-order chi connectivity index (χ1) is 27.3. The maximum absolute atomic E-state index is 6.46. The molecule has 12 rings (SSSR count). The molecule has 0 aliphatic heterocycles. The molecule has 3 heteroatoms. The second-order valence-electron chi connectivity index (χ2n) is 14.5. The van der Waals surface area contributed by atoms with E-state index in [1.165, 1.54) is 82.3 Å². The van der Waals surface area contributed by atoms with Gasteiger partial charge in [0.25, 0.3) is 0 Å². The monoisotopic (exact) mass is 700 g/mol. The molecule has 12 aromatic rings. The lowest BCUT2D eigenvalue weighted by atomic mass is 9.99. The van der Waals surface area contributed by atoms with Crippen LogP contribution in [0, 0.1) is 0 Å². The van der Waals surface area contributed by atoms with Gasteiger partial charge in [-0.15, -0.1) is 0 Å². The highest BCUT2D eigenvalue weighted by molar-refractivity contribution is 6.28. The molecule has 0 aliphatic carbocycles. The average molecular weight is 701 g/mol. The highest BCUT2D eigenvalue weighted by Crippen LogP contribution is 2.44. The summed E-state index contributed by atoms with van der Waals surface area (Å²) in [6.07, 6.45) is 0. The molecule has 0 N–H and O–H groups in total. The van der Waals surface area contributed by atoms with E-state index >= 15 is 0 Å². The standard InChI is InChI=1S/C52H32N2O/c1-2-12-33(13-3-1)35-16-10-17-38(30-35)53-45-21-8-6-19-40(45)42-31-36(24-26-46(42)53)37-25-27-47-43(32-37)51-48(28-29-50-52(51)41-20-7-9-23-49(41)55-50)54(47)44-22-11-15-34-14-4-5-18-39(34)44/h1-32H. The Morgan fingerprint density at radius 3 is 1.80 bits per heavy atom. The van der Waals surface area contributed by atoms with Crippen molar-refractivity contribution in [3.05, 3.63) is 194 Å². The van der Waals surface area contributed by atoms with Gasteiger partial charge in [-0.3, -0.25) is 0 Å². The van der Waals surface area contributed by atoms with Crippen molar-refractivity contribution >= 4 is 76.3 Å². The Bertz CT molecular complexity index is 3480. The molecule has 3 heterocycles. The molecular formula is C52H32N2O. The number of hydrogen-bond acceptors (Lipinski definition) is 1. The van der Waals surface area contributed by atoms with Crippen LogP contribution in [-0.4, -0.2) is 9.13 Å². The third kappa shape index (κ3) is 4.44. The van der Waals surface area contributed by atoms with Gasteiger partial charge in [0.05, 0.1) is 27.8 Å². The van der Waals surface area contributed by atoms with Crippen molar-refractivity contribution in [2.24, 2.45) is 0 Å². The van der Waals surface area contributed by atoms with Crippen LogP contribution >= 0.6 is 0 Å². The fourth-order valence-corrected chi connectivity index (χ4v) is 9.05. The Hall–Kier alpha value is -7.36. The zero-order valence-corrected chi connectivity index (χ0v) is 29.8. The highest BCUT2D eigenvalue weighted by atomic mass is 16.3. The van der Waals surface area contributed by atoms with Crippen LogP contribution in [0.15, 0.2) is 199 Å². The molecule has 3 nitrogen and oxygen atoms in total. The van der Waals surface area contributed by atoms with Crippen LogP contribution < -0.4 is 0 Å². The third-order valence-electron chi connectivity index (χ3n) is 11.5. The van der Waals surface area contributed by atoms with Gasteiger partial charge in [-0.25, -0.2) is 0 Å². The number of benzene rings is 9. The Labute approximate surface area is 316 Å². The molecule has 0 saturated carbocycles. The number of hydrogen-bond donors (Lipinski definition) is 0. The van der Waals surface area contributed by atoms with Crippen molar-refractivity contribution in [2.45, 2.75) is 0 Å². The van der Waals surface area contributed by atoms with Crippen LogP contribution in [0.2, 0.25) is 0 Å². The predicted molar refractivity (Wildman–Crippen MR) is 231 cm³/mol. The maximum Gasteiger partial charge on any atom is 0.136 e. The minimum absolute atomic E-state index is 0.904. The van der Waals surface area contributed by atoms with Crippen molar-refractivity contribution < 1.29 is 4.42 Å². The van der Waals surface area contributed by atoms with E-state index in [9.17, 15) is 0 Å². The molecule has 0 spiro atoms. The van der Waals surface area contributed by atoms with Crippen LogP contribution in [0.5, 0.6) is 0 Å². The summed E-state index contributed by atoms with van der Waals surface area (Å²) in [5.74, 6) is 0. The summed E-state index contributed by atoms with van der Waals surface area (Å²) in [6, 6.07) is 70.3. The Morgan fingerprint density at radius 2 is 0.927 bits per heavy atom. The molecule has 0 saturated heterocycles. The Balaban J connectivity index is 1.11. The van der Waals surface area contributed by atoms with Gasteiger partial charge in [0, 0.05) is 43.4 Å². The van der Waals surface area contributed by atoms with E-state index in [4.69, 9.17) is 4.42 Å². The fraction of sp³-hybridized carbons (Fsp3) is 0. The molecule has 0 unspecified atom stereocenters. The predicted octanol–water partition coefficient (Wildman–Crippen LogP) is 14.3. The first-order valence-corrected chi connectivity index (χ1v) is 18.8. The average Bonchev–Trinajstić information content (AvgIpc) is 3.91. The van der Waals surface area contributed by atoms with E-state index in [0.717, 1.165) is 27.6 Å². The van der Waals surface area contributed by atoms with Gasteiger partial charge in [0.1, 0.15) is 11.2 Å². The molecule has 3 aromatic heterocycles. The minimum Gasteiger partial charge on any atom is -0.456 e. The normalized spacial score (nSPS) is 12.0. The molecule has 0 bridgehead atoms. The van der Waals surface area contributed by atoms with Crippen LogP contribution in [-0.2, 0) is 0 Å². The quantitative estimate of drug-likeness (QED) is 0.179. The fourth-order valence-electron chi connectivity index (χ4n) is 9.05. The molecule has 0 radical (unpaired) electrons. The number of rotatable bonds is 4. The van der Waals surface area contributed by atoms with Crippen LogP contribution in [0.3, 0.4) is 0 Å². The van der Waals surface area contributed by atoms with Gasteiger partial charge in [-0.05, 0) is 94.4 Å². The lowest BCUT2D eigenvalue weighted by Crippen LogP contribution is -1.95. The van der Waals surface area contributed by atoms with E-state index in [0.29, 0.717) is 0 Å². The topological polar surface area (TPSA) is 23.0 Å². The van der Waals surface area contributed by atoms with Crippen LogP contribution in [0.25, 0.3) is 110 Å². The summed E-state index contributed by atoms with van der Waals surface area (Å²) in [7, 11) is 0. The van der Waals surface area contributed by atoms with Crippen molar-refractivity contribution in [1.82, 2.24) is 9.13 Å². The van der Waals surface area contributed by atoms with Crippen LogP contribution in [0.4, 0.5) is 0 Å². The molecule has 256 valence electrons. The van der Waals surface area contributed by atoms with E-state index < -0.39 is 0 Å². The first kappa shape index (κ1) is 30.1. The summed E-state index contributed by atoms with van der Waals surface area (Å²) in [4.78, 5) is 0. The van der Waals surface area contributed by atoms with Crippen molar-refractivity contribution in [3.8, 4) is 33.6 Å². The maximum atomic E-state index is 6.46. The SMILES string of the molecule is c1ccc(-c2cccc(-n3c4ccccc4c4cc(-c5ccc6c(c5)c5c7c(ccc5n6-c5cccc6ccccc56)oc5ccccc57)ccc43)c2)cc1. The molecule has 0 amide bonds. The second kappa shape index (κ2) is 11.6. The molecule has 0 atom stereocenters. The van der Waals surface area contributed by atoms with Gasteiger partial charge in [-0.2, -0.15) is 0 Å². The molecule has 55 heavy (non-hydrogen) atoms. The molecule has 0 fully saturated rings. The molecule has 9 aromatic carbocycles. The van der Waals surface area contributed by atoms with Crippen molar-refractivity contribution in [3.63, 3.8) is 0 Å².